The molecule has 21 heavy (non-hydrogen) atoms. The predicted octanol–water partition coefficient (Wildman–Crippen LogP) is 6.04. The maximum absolute atomic E-state index is 9.63. The van der Waals surface area contributed by atoms with Gasteiger partial charge in [0.1, 0.15) is 0 Å². The van der Waals surface area contributed by atoms with Crippen molar-refractivity contribution in [1.29, 1.82) is 0 Å². The summed E-state index contributed by atoms with van der Waals surface area (Å²) in [5, 5.41) is 13.6. The fraction of sp³-hybridized carbons (Fsp3) is 0.294. The van der Waals surface area contributed by atoms with Crippen molar-refractivity contribution in [1.82, 2.24) is 0 Å². The van der Waals surface area contributed by atoms with Crippen LogP contribution in [0.2, 0.25) is 10.0 Å². The molecule has 0 aliphatic rings. The molecule has 2 aromatic rings. The number of aromatic hydroxyl groups is 1. The highest BCUT2D eigenvalue weighted by Gasteiger charge is 2.13. The molecule has 1 atom stereocenters. The molecule has 2 nitrogen and oxygen atoms in total. The van der Waals surface area contributed by atoms with Crippen LogP contribution >= 0.6 is 23.2 Å². The van der Waals surface area contributed by atoms with Gasteiger partial charge in [0.25, 0.3) is 0 Å². The van der Waals surface area contributed by atoms with Crippen molar-refractivity contribution in [3.8, 4) is 5.75 Å². The van der Waals surface area contributed by atoms with E-state index in [1.54, 1.807) is 12.1 Å². The van der Waals surface area contributed by atoms with E-state index in [0.29, 0.717) is 0 Å². The molecule has 0 aliphatic carbocycles. The van der Waals surface area contributed by atoms with Gasteiger partial charge in [-0.25, -0.2) is 0 Å². The molecule has 0 spiro atoms. The van der Waals surface area contributed by atoms with Crippen LogP contribution in [-0.4, -0.2) is 5.11 Å². The second kappa shape index (κ2) is 7.58. The van der Waals surface area contributed by atoms with Crippen molar-refractivity contribution >= 4 is 28.9 Å². The summed E-state index contributed by atoms with van der Waals surface area (Å²) in [6.45, 7) is 2.18. The first-order valence-electron chi connectivity index (χ1n) is 7.11. The van der Waals surface area contributed by atoms with Gasteiger partial charge in [0, 0.05) is 5.69 Å². The third kappa shape index (κ3) is 4.29. The zero-order chi connectivity index (χ0) is 15.2. The average Bonchev–Trinajstić information content (AvgIpc) is 2.49. The summed E-state index contributed by atoms with van der Waals surface area (Å²) in [5.74, 6) is -0.0753. The molecule has 0 bridgehead atoms. The summed E-state index contributed by atoms with van der Waals surface area (Å²) in [7, 11) is 0. The van der Waals surface area contributed by atoms with Crippen LogP contribution in [0, 0.1) is 0 Å². The third-order valence-electron chi connectivity index (χ3n) is 3.41. The number of benzene rings is 2. The number of hydrogen-bond acceptors (Lipinski definition) is 2. The Kier molecular flexibility index (Phi) is 5.77. The number of halogens is 2. The second-order valence-corrected chi connectivity index (χ2v) is 5.85. The number of rotatable bonds is 6. The number of unbranched alkanes of at least 4 members (excludes halogenated alkanes) is 1. The molecule has 4 heteroatoms. The molecule has 2 rings (SSSR count). The van der Waals surface area contributed by atoms with Crippen molar-refractivity contribution in [2.45, 2.75) is 32.2 Å². The van der Waals surface area contributed by atoms with Crippen LogP contribution < -0.4 is 5.32 Å². The molecule has 0 heterocycles. The molecule has 0 aliphatic heterocycles. The molecular formula is C17H19Cl2NO. The maximum Gasteiger partial charge on any atom is 0.152 e. The van der Waals surface area contributed by atoms with Crippen LogP contribution in [0.5, 0.6) is 5.75 Å². The van der Waals surface area contributed by atoms with E-state index < -0.39 is 0 Å². The van der Waals surface area contributed by atoms with Crippen molar-refractivity contribution in [2.24, 2.45) is 0 Å². The fourth-order valence-electron chi connectivity index (χ4n) is 2.27. The topological polar surface area (TPSA) is 32.3 Å². The lowest BCUT2D eigenvalue weighted by molar-refractivity contribution is 0.476. The van der Waals surface area contributed by atoms with Gasteiger partial charge < -0.3 is 10.4 Å². The number of anilines is 1. The highest BCUT2D eigenvalue weighted by Crippen LogP contribution is 2.36. The first kappa shape index (κ1) is 16.0. The van der Waals surface area contributed by atoms with Crippen molar-refractivity contribution < 1.29 is 5.11 Å². The van der Waals surface area contributed by atoms with E-state index in [1.165, 1.54) is 5.56 Å². The summed E-state index contributed by atoms with van der Waals surface area (Å²) in [5.41, 5.74) is 2.04. The first-order valence-corrected chi connectivity index (χ1v) is 7.87. The Balaban J connectivity index is 2.23. The van der Waals surface area contributed by atoms with E-state index in [9.17, 15) is 5.11 Å². The summed E-state index contributed by atoms with van der Waals surface area (Å²) >= 11 is 12.0. The first-order chi connectivity index (χ1) is 10.1. The van der Waals surface area contributed by atoms with Crippen molar-refractivity contribution in [3.05, 3.63) is 58.1 Å². The number of phenols is 1. The highest BCUT2D eigenvalue weighted by atomic mass is 35.5. The van der Waals surface area contributed by atoms with Crippen LogP contribution in [0.4, 0.5) is 5.69 Å². The Morgan fingerprint density at radius 3 is 2.29 bits per heavy atom. The molecule has 2 N–H and O–H groups in total. The van der Waals surface area contributed by atoms with Gasteiger partial charge in [-0.15, -0.1) is 0 Å². The molecule has 0 radical (unpaired) electrons. The number of hydrogen-bond donors (Lipinski definition) is 2. The zero-order valence-corrected chi connectivity index (χ0v) is 13.5. The van der Waals surface area contributed by atoms with Gasteiger partial charge in [0.15, 0.2) is 5.75 Å². The standard InChI is InChI=1S/C17H19Cl2NO/c1-2-3-9-16(12-7-5-4-6-8-12)20-13-10-14(18)17(21)15(19)11-13/h4-8,10-11,16,20-21H,2-3,9H2,1H3. The lowest BCUT2D eigenvalue weighted by atomic mass is 10.0. The summed E-state index contributed by atoms with van der Waals surface area (Å²) in [6.07, 6.45) is 3.30. The summed E-state index contributed by atoms with van der Waals surface area (Å²) < 4.78 is 0. The van der Waals surface area contributed by atoms with Gasteiger partial charge in [-0.2, -0.15) is 0 Å². The third-order valence-corrected chi connectivity index (χ3v) is 3.98. The highest BCUT2D eigenvalue weighted by molar-refractivity contribution is 6.37. The minimum absolute atomic E-state index is 0.0753. The second-order valence-electron chi connectivity index (χ2n) is 5.04. The minimum Gasteiger partial charge on any atom is -0.505 e. The van der Waals surface area contributed by atoms with E-state index in [2.05, 4.69) is 24.4 Å². The Bertz CT molecular complexity index is 564. The average molecular weight is 324 g/mol. The normalized spacial score (nSPS) is 12.1. The minimum atomic E-state index is -0.0753. The maximum atomic E-state index is 9.63. The lowest BCUT2D eigenvalue weighted by Gasteiger charge is -2.21. The fourth-order valence-corrected chi connectivity index (χ4v) is 2.75. The Morgan fingerprint density at radius 2 is 1.71 bits per heavy atom. The van der Waals surface area contributed by atoms with Crippen molar-refractivity contribution in [2.75, 3.05) is 5.32 Å². The lowest BCUT2D eigenvalue weighted by Crippen LogP contribution is -2.10. The molecule has 0 saturated carbocycles. The monoisotopic (exact) mass is 323 g/mol. The quantitative estimate of drug-likeness (QED) is 0.635. The van der Waals surface area contributed by atoms with Gasteiger partial charge in [-0.05, 0) is 24.1 Å². The van der Waals surface area contributed by atoms with Crippen LogP contribution in [0.15, 0.2) is 42.5 Å². The van der Waals surface area contributed by atoms with E-state index in [1.807, 2.05) is 18.2 Å². The van der Waals surface area contributed by atoms with Crippen LogP contribution in [0.25, 0.3) is 0 Å². The number of phenolic OH excluding ortho intramolecular Hbond substituents is 1. The predicted molar refractivity (Wildman–Crippen MR) is 90.5 cm³/mol. The zero-order valence-electron chi connectivity index (χ0n) is 11.9. The molecule has 0 amide bonds. The van der Waals surface area contributed by atoms with Crippen LogP contribution in [0.1, 0.15) is 37.8 Å². The smallest absolute Gasteiger partial charge is 0.152 e. The Hall–Kier alpha value is -1.38. The number of nitrogens with one attached hydrogen (secondary N) is 1. The van der Waals surface area contributed by atoms with Crippen LogP contribution in [-0.2, 0) is 0 Å². The van der Waals surface area contributed by atoms with Gasteiger partial charge in [-0.1, -0.05) is 73.3 Å². The van der Waals surface area contributed by atoms with Gasteiger partial charge in [0.05, 0.1) is 16.1 Å². The Labute approximate surface area is 135 Å². The SMILES string of the molecule is CCCCC(Nc1cc(Cl)c(O)c(Cl)c1)c1ccccc1. The van der Waals surface area contributed by atoms with Crippen LogP contribution in [0.3, 0.4) is 0 Å². The van der Waals surface area contributed by atoms with Gasteiger partial charge in [0.2, 0.25) is 0 Å². The van der Waals surface area contributed by atoms with E-state index in [4.69, 9.17) is 23.2 Å². The van der Waals surface area contributed by atoms with E-state index in [-0.39, 0.29) is 21.8 Å². The van der Waals surface area contributed by atoms with E-state index in [0.717, 1.165) is 24.9 Å². The molecule has 1 unspecified atom stereocenters. The molecule has 0 saturated heterocycles. The molecule has 2 aromatic carbocycles. The largest absolute Gasteiger partial charge is 0.505 e. The van der Waals surface area contributed by atoms with Gasteiger partial charge >= 0.3 is 0 Å². The molecule has 0 fully saturated rings. The molecule has 0 aromatic heterocycles. The molecular weight excluding hydrogens is 305 g/mol. The van der Waals surface area contributed by atoms with Crippen molar-refractivity contribution in [3.63, 3.8) is 0 Å². The molecule has 112 valence electrons. The summed E-state index contributed by atoms with van der Waals surface area (Å²) in [6, 6.07) is 13.9. The van der Waals surface area contributed by atoms with Gasteiger partial charge in [-0.3, -0.25) is 0 Å². The Morgan fingerprint density at radius 1 is 1.10 bits per heavy atom. The summed E-state index contributed by atoms with van der Waals surface area (Å²) in [4.78, 5) is 0. The van der Waals surface area contributed by atoms with E-state index >= 15 is 0 Å².